The van der Waals surface area contributed by atoms with Crippen molar-refractivity contribution in [1.82, 2.24) is 4.90 Å². The van der Waals surface area contributed by atoms with E-state index in [1.807, 2.05) is 11.8 Å². The molecule has 1 aromatic carbocycles. The Morgan fingerprint density at radius 2 is 2.04 bits per heavy atom. The highest BCUT2D eigenvalue weighted by atomic mass is 35.5. The number of ether oxygens (including phenoxy) is 1. The van der Waals surface area contributed by atoms with Crippen LogP contribution in [0.15, 0.2) is 18.2 Å². The van der Waals surface area contributed by atoms with Gasteiger partial charge in [-0.3, -0.25) is 14.4 Å². The third-order valence-electron chi connectivity index (χ3n) is 5.06. The molecule has 1 saturated carbocycles. The first kappa shape index (κ1) is 18.7. The first-order valence-electron chi connectivity index (χ1n) is 8.96. The number of nitrogens with zero attached hydrogens (tertiary/aromatic N) is 1. The molecule has 3 rings (SSSR count). The van der Waals surface area contributed by atoms with E-state index in [1.54, 1.807) is 18.2 Å². The van der Waals surface area contributed by atoms with Gasteiger partial charge in [0.05, 0.1) is 5.92 Å². The molecule has 0 unspecified atom stereocenters. The summed E-state index contributed by atoms with van der Waals surface area (Å²) in [5.41, 5.74) is 1.46. The van der Waals surface area contributed by atoms with E-state index in [1.165, 1.54) is 0 Å². The number of amides is 2. The van der Waals surface area contributed by atoms with Gasteiger partial charge in [-0.1, -0.05) is 30.5 Å². The Morgan fingerprint density at radius 1 is 1.31 bits per heavy atom. The first-order valence-corrected chi connectivity index (χ1v) is 9.34. The van der Waals surface area contributed by atoms with Crippen molar-refractivity contribution in [3.63, 3.8) is 0 Å². The Labute approximate surface area is 157 Å². The van der Waals surface area contributed by atoms with Crippen molar-refractivity contribution in [2.24, 2.45) is 5.92 Å². The van der Waals surface area contributed by atoms with Crippen LogP contribution in [0.1, 0.15) is 37.7 Å². The molecular formula is C19H23ClN2O4. The molecule has 1 heterocycles. The van der Waals surface area contributed by atoms with Crippen molar-refractivity contribution < 1.29 is 19.1 Å². The summed E-state index contributed by atoms with van der Waals surface area (Å²) in [4.78, 5) is 38.1. The predicted octanol–water partition coefficient (Wildman–Crippen LogP) is 2.92. The quantitative estimate of drug-likeness (QED) is 0.799. The maximum absolute atomic E-state index is 12.2. The Morgan fingerprint density at radius 3 is 2.73 bits per heavy atom. The second-order valence-electron chi connectivity index (χ2n) is 7.01. The molecule has 2 amide bonds. The predicted molar refractivity (Wildman–Crippen MR) is 97.9 cm³/mol. The molecule has 0 radical (unpaired) electrons. The van der Waals surface area contributed by atoms with Gasteiger partial charge >= 0.3 is 5.97 Å². The number of esters is 1. The lowest BCUT2D eigenvalue weighted by Gasteiger charge is -2.23. The molecule has 0 bridgehead atoms. The molecule has 140 valence electrons. The van der Waals surface area contributed by atoms with Gasteiger partial charge in [0, 0.05) is 29.7 Å². The van der Waals surface area contributed by atoms with Gasteiger partial charge < -0.3 is 15.0 Å². The molecule has 2 aliphatic rings. The highest BCUT2D eigenvalue weighted by Crippen LogP contribution is 2.29. The van der Waals surface area contributed by atoms with Crippen molar-refractivity contribution in [1.29, 1.82) is 0 Å². The van der Waals surface area contributed by atoms with Crippen LogP contribution in [0.2, 0.25) is 5.02 Å². The summed E-state index contributed by atoms with van der Waals surface area (Å²) in [6.45, 7) is 1.89. The SMILES string of the molecule is Cc1ccc(NC(=O)COC(=O)[C@@H]2CC(=O)N(C3CCCC3)C2)cc1Cl. The fourth-order valence-corrected chi connectivity index (χ4v) is 3.76. The number of aryl methyl sites for hydroxylation is 1. The molecule has 1 aliphatic heterocycles. The van der Waals surface area contributed by atoms with Gasteiger partial charge in [-0.05, 0) is 37.5 Å². The van der Waals surface area contributed by atoms with Gasteiger partial charge in [-0.15, -0.1) is 0 Å². The van der Waals surface area contributed by atoms with Gasteiger partial charge in [0.25, 0.3) is 5.91 Å². The number of hydrogen-bond donors (Lipinski definition) is 1. The van der Waals surface area contributed by atoms with Crippen LogP contribution in [0, 0.1) is 12.8 Å². The third kappa shape index (κ3) is 4.36. The van der Waals surface area contributed by atoms with Crippen molar-refractivity contribution >= 4 is 35.1 Å². The molecule has 0 aromatic heterocycles. The van der Waals surface area contributed by atoms with Crippen LogP contribution >= 0.6 is 11.6 Å². The molecule has 1 atom stereocenters. The number of benzene rings is 1. The topological polar surface area (TPSA) is 75.7 Å². The van der Waals surface area contributed by atoms with Gasteiger partial charge in [0.15, 0.2) is 6.61 Å². The second-order valence-corrected chi connectivity index (χ2v) is 7.41. The lowest BCUT2D eigenvalue weighted by Crippen LogP contribution is -2.35. The molecule has 1 N–H and O–H groups in total. The largest absolute Gasteiger partial charge is 0.455 e. The minimum Gasteiger partial charge on any atom is -0.455 e. The Bertz CT molecular complexity index is 715. The monoisotopic (exact) mass is 378 g/mol. The minimum atomic E-state index is -0.490. The van der Waals surface area contributed by atoms with E-state index in [4.69, 9.17) is 16.3 Å². The van der Waals surface area contributed by atoms with E-state index in [2.05, 4.69) is 5.32 Å². The van der Waals surface area contributed by atoms with Crippen molar-refractivity contribution in [2.45, 2.75) is 45.1 Å². The number of rotatable bonds is 5. The Balaban J connectivity index is 1.46. The maximum atomic E-state index is 12.2. The summed E-state index contributed by atoms with van der Waals surface area (Å²) in [5, 5.41) is 3.19. The highest BCUT2D eigenvalue weighted by molar-refractivity contribution is 6.31. The zero-order valence-corrected chi connectivity index (χ0v) is 15.6. The second kappa shape index (κ2) is 8.08. The van der Waals surface area contributed by atoms with E-state index >= 15 is 0 Å². The Kier molecular flexibility index (Phi) is 5.81. The summed E-state index contributed by atoms with van der Waals surface area (Å²) >= 11 is 6.02. The molecule has 0 spiro atoms. The first-order chi connectivity index (χ1) is 12.4. The summed E-state index contributed by atoms with van der Waals surface area (Å²) in [6, 6.07) is 5.43. The smallest absolute Gasteiger partial charge is 0.311 e. The molecule has 7 heteroatoms. The molecule has 1 saturated heterocycles. The molecule has 6 nitrogen and oxygen atoms in total. The summed E-state index contributed by atoms with van der Waals surface area (Å²) in [6.07, 6.45) is 4.45. The average Bonchev–Trinajstić information content (AvgIpc) is 3.25. The number of halogens is 1. The molecule has 1 aromatic rings. The maximum Gasteiger partial charge on any atom is 0.311 e. The van der Waals surface area contributed by atoms with Crippen LogP contribution in [0.5, 0.6) is 0 Å². The van der Waals surface area contributed by atoms with E-state index in [-0.39, 0.29) is 25.0 Å². The fourth-order valence-electron chi connectivity index (χ4n) is 3.58. The lowest BCUT2D eigenvalue weighted by molar-refractivity contribution is -0.151. The molecular weight excluding hydrogens is 356 g/mol. The van der Waals surface area contributed by atoms with E-state index in [0.717, 1.165) is 31.2 Å². The molecule has 1 aliphatic carbocycles. The third-order valence-corrected chi connectivity index (χ3v) is 5.47. The summed E-state index contributed by atoms with van der Waals surface area (Å²) in [7, 11) is 0. The average molecular weight is 379 g/mol. The van der Waals surface area contributed by atoms with Gasteiger partial charge in [-0.2, -0.15) is 0 Å². The van der Waals surface area contributed by atoms with Crippen molar-refractivity contribution in [3.05, 3.63) is 28.8 Å². The number of carbonyl (C=O) groups is 3. The van der Waals surface area contributed by atoms with E-state index < -0.39 is 17.8 Å². The van der Waals surface area contributed by atoms with Crippen LogP contribution in [0.3, 0.4) is 0 Å². The van der Waals surface area contributed by atoms with Crippen molar-refractivity contribution in [3.8, 4) is 0 Å². The van der Waals surface area contributed by atoms with E-state index in [9.17, 15) is 14.4 Å². The van der Waals surface area contributed by atoms with Gasteiger partial charge in [-0.25, -0.2) is 0 Å². The number of likely N-dealkylation sites (tertiary alicyclic amines) is 1. The highest BCUT2D eigenvalue weighted by Gasteiger charge is 2.39. The summed E-state index contributed by atoms with van der Waals surface area (Å²) in [5.74, 6) is -1.39. The number of hydrogen-bond acceptors (Lipinski definition) is 4. The van der Waals surface area contributed by atoms with Gasteiger partial charge in [0.1, 0.15) is 0 Å². The molecule has 2 fully saturated rings. The molecule has 26 heavy (non-hydrogen) atoms. The van der Waals surface area contributed by atoms with Crippen LogP contribution in [0.4, 0.5) is 5.69 Å². The van der Waals surface area contributed by atoms with Crippen LogP contribution < -0.4 is 5.32 Å². The number of nitrogens with one attached hydrogen (secondary N) is 1. The van der Waals surface area contributed by atoms with Gasteiger partial charge in [0.2, 0.25) is 5.91 Å². The fraction of sp³-hybridized carbons (Fsp3) is 0.526. The summed E-state index contributed by atoms with van der Waals surface area (Å²) < 4.78 is 5.11. The normalized spacial score (nSPS) is 20.5. The van der Waals surface area contributed by atoms with Crippen molar-refractivity contribution in [2.75, 3.05) is 18.5 Å². The minimum absolute atomic E-state index is 0.0117. The zero-order chi connectivity index (χ0) is 18.7. The zero-order valence-electron chi connectivity index (χ0n) is 14.8. The van der Waals surface area contributed by atoms with Crippen LogP contribution in [-0.4, -0.2) is 41.9 Å². The standard InChI is InChI=1S/C19H23ClN2O4/c1-12-6-7-14(9-16(12)20)21-17(23)11-26-19(25)13-8-18(24)22(10-13)15-4-2-3-5-15/h6-7,9,13,15H,2-5,8,10-11H2,1H3,(H,21,23)/t13-/m1/s1. The lowest BCUT2D eigenvalue weighted by atomic mass is 10.1. The van der Waals surface area contributed by atoms with Crippen LogP contribution in [-0.2, 0) is 19.1 Å². The van der Waals surface area contributed by atoms with E-state index in [0.29, 0.717) is 17.3 Å². The van der Waals surface area contributed by atoms with Crippen LogP contribution in [0.25, 0.3) is 0 Å². The number of carbonyl (C=O) groups excluding carboxylic acids is 3. The Hall–Kier alpha value is -2.08. The number of anilines is 1.